The third-order valence-electron chi connectivity index (χ3n) is 6.71. The molecule has 4 aromatic rings. The van der Waals surface area contributed by atoms with Crippen LogP contribution in [0.2, 0.25) is 0 Å². The summed E-state index contributed by atoms with van der Waals surface area (Å²) in [5, 5.41) is 3.27. The van der Waals surface area contributed by atoms with Gasteiger partial charge in [0.1, 0.15) is 0 Å². The average Bonchev–Trinajstić information content (AvgIpc) is 2.94. The summed E-state index contributed by atoms with van der Waals surface area (Å²) in [7, 11) is 0. The van der Waals surface area contributed by atoms with Crippen LogP contribution in [0.3, 0.4) is 0 Å². The van der Waals surface area contributed by atoms with Crippen LogP contribution in [-0.2, 0) is 11.2 Å². The molecule has 0 bridgehead atoms. The predicted molar refractivity (Wildman–Crippen MR) is 149 cm³/mol. The van der Waals surface area contributed by atoms with E-state index >= 15 is 0 Å². The Labute approximate surface area is 222 Å². The highest BCUT2D eigenvalue weighted by Crippen LogP contribution is 2.24. The smallest absolute Gasteiger partial charge is 0.254 e. The molecule has 1 aliphatic rings. The summed E-state index contributed by atoms with van der Waals surface area (Å²) in [6, 6.07) is 25.4. The molecule has 1 saturated heterocycles. The molecule has 8 heteroatoms. The molecule has 0 aliphatic carbocycles. The number of nitrogens with zero attached hydrogens (tertiary/aromatic N) is 4. The van der Waals surface area contributed by atoms with Gasteiger partial charge in [-0.15, -0.1) is 0 Å². The minimum absolute atomic E-state index is 0.103. The maximum absolute atomic E-state index is 12.9. The van der Waals surface area contributed by atoms with Crippen molar-refractivity contribution in [3.05, 3.63) is 102 Å². The number of amides is 2. The van der Waals surface area contributed by atoms with E-state index in [0.29, 0.717) is 19.0 Å². The second-order valence-corrected chi connectivity index (χ2v) is 9.37. The highest BCUT2D eigenvalue weighted by molar-refractivity contribution is 5.95. The lowest BCUT2D eigenvalue weighted by molar-refractivity contribution is -0.117. The zero-order valence-electron chi connectivity index (χ0n) is 21.3. The van der Waals surface area contributed by atoms with Gasteiger partial charge >= 0.3 is 0 Å². The van der Waals surface area contributed by atoms with Gasteiger partial charge in [-0.25, -0.2) is 9.97 Å². The van der Waals surface area contributed by atoms with E-state index in [1.807, 2.05) is 78.6 Å². The van der Waals surface area contributed by atoms with Crippen LogP contribution in [0.1, 0.15) is 21.5 Å². The summed E-state index contributed by atoms with van der Waals surface area (Å²) in [5.41, 5.74) is 11.6. The van der Waals surface area contributed by atoms with Crippen molar-refractivity contribution >= 4 is 29.1 Å². The Hall–Kier alpha value is -4.72. The Balaban J connectivity index is 1.19. The molecule has 0 unspecified atom stereocenters. The Morgan fingerprint density at radius 3 is 2.29 bits per heavy atom. The number of rotatable bonds is 7. The number of hydrogen-bond acceptors (Lipinski definition) is 6. The van der Waals surface area contributed by atoms with Crippen molar-refractivity contribution < 1.29 is 9.59 Å². The summed E-state index contributed by atoms with van der Waals surface area (Å²) in [5.74, 6) is 0.249. The number of piperazine rings is 1. The first-order valence-corrected chi connectivity index (χ1v) is 12.6. The number of aryl methyl sites for hydroxylation is 1. The first-order chi connectivity index (χ1) is 18.5. The van der Waals surface area contributed by atoms with Crippen LogP contribution in [0.25, 0.3) is 11.3 Å². The zero-order chi connectivity index (χ0) is 26.5. The van der Waals surface area contributed by atoms with Crippen molar-refractivity contribution in [2.75, 3.05) is 36.4 Å². The number of carbonyl (C=O) groups is 2. The highest BCUT2D eigenvalue weighted by Gasteiger charge is 2.23. The van der Waals surface area contributed by atoms with Gasteiger partial charge in [0.05, 0.1) is 12.1 Å². The summed E-state index contributed by atoms with van der Waals surface area (Å²) in [6.45, 7) is 4.93. The molecular formula is C30H30N6O2. The normalized spacial score (nSPS) is 13.3. The van der Waals surface area contributed by atoms with Crippen molar-refractivity contribution in [1.82, 2.24) is 14.9 Å². The van der Waals surface area contributed by atoms with E-state index in [1.165, 1.54) is 0 Å². The van der Waals surface area contributed by atoms with Gasteiger partial charge in [0.2, 0.25) is 11.9 Å². The molecule has 0 spiro atoms. The number of hydrogen-bond donors (Lipinski definition) is 2. The van der Waals surface area contributed by atoms with Gasteiger partial charge < -0.3 is 20.9 Å². The van der Waals surface area contributed by atoms with Crippen LogP contribution in [0, 0.1) is 6.92 Å². The fourth-order valence-electron chi connectivity index (χ4n) is 4.61. The molecule has 3 aromatic carbocycles. The van der Waals surface area contributed by atoms with Crippen LogP contribution in [0.15, 0.2) is 85.1 Å². The second kappa shape index (κ2) is 11.1. The van der Waals surface area contributed by atoms with Crippen molar-refractivity contribution in [1.29, 1.82) is 0 Å². The first kappa shape index (κ1) is 25.0. The summed E-state index contributed by atoms with van der Waals surface area (Å²) < 4.78 is 0. The molecule has 0 radical (unpaired) electrons. The van der Waals surface area contributed by atoms with Gasteiger partial charge in [-0.05, 0) is 54.4 Å². The molecule has 5 rings (SSSR count). The quantitative estimate of drug-likeness (QED) is 0.390. The topological polar surface area (TPSA) is 104 Å². The van der Waals surface area contributed by atoms with E-state index in [0.717, 1.165) is 52.4 Å². The zero-order valence-corrected chi connectivity index (χ0v) is 21.3. The number of primary amides is 1. The minimum Gasteiger partial charge on any atom is -0.369 e. The first-order valence-electron chi connectivity index (χ1n) is 12.6. The van der Waals surface area contributed by atoms with Crippen LogP contribution < -0.4 is 16.0 Å². The third-order valence-corrected chi connectivity index (χ3v) is 6.71. The van der Waals surface area contributed by atoms with Gasteiger partial charge in [0, 0.05) is 54.9 Å². The summed E-state index contributed by atoms with van der Waals surface area (Å²) in [4.78, 5) is 37.3. The number of nitrogens with two attached hydrogens (primary N) is 1. The van der Waals surface area contributed by atoms with Crippen molar-refractivity contribution in [3.63, 3.8) is 0 Å². The molecule has 192 valence electrons. The SMILES string of the molecule is Cc1ccccc1C(=O)N1CCN(c2ccc(Nc3nccc(-c4ccc(CC(N)=O)cc4)n3)cc2)CC1. The van der Waals surface area contributed by atoms with Gasteiger partial charge in [0.25, 0.3) is 5.91 Å². The second-order valence-electron chi connectivity index (χ2n) is 9.37. The van der Waals surface area contributed by atoms with Crippen LogP contribution in [-0.4, -0.2) is 52.9 Å². The fraction of sp³-hybridized carbons (Fsp3) is 0.200. The van der Waals surface area contributed by atoms with Crippen molar-refractivity contribution in [2.24, 2.45) is 5.73 Å². The largest absolute Gasteiger partial charge is 0.369 e. The van der Waals surface area contributed by atoms with Crippen LogP contribution >= 0.6 is 0 Å². The monoisotopic (exact) mass is 506 g/mol. The van der Waals surface area contributed by atoms with Gasteiger partial charge in [-0.3, -0.25) is 9.59 Å². The Morgan fingerprint density at radius 2 is 1.61 bits per heavy atom. The van der Waals surface area contributed by atoms with Gasteiger partial charge in [0.15, 0.2) is 0 Å². The predicted octanol–water partition coefficient (Wildman–Crippen LogP) is 4.19. The molecule has 2 heterocycles. The maximum atomic E-state index is 12.9. The third kappa shape index (κ3) is 5.81. The van der Waals surface area contributed by atoms with Crippen LogP contribution in [0.4, 0.5) is 17.3 Å². The molecule has 3 N–H and O–H groups in total. The molecule has 1 aliphatic heterocycles. The number of aromatic nitrogens is 2. The molecular weight excluding hydrogens is 476 g/mol. The van der Waals surface area contributed by atoms with E-state index in [1.54, 1.807) is 6.20 Å². The van der Waals surface area contributed by atoms with Crippen LogP contribution in [0.5, 0.6) is 0 Å². The standard InChI is InChI=1S/C30H30N6O2/c1-21-4-2-3-5-26(21)29(38)36-18-16-35(17-19-36)25-12-10-24(11-13-25)33-30-32-15-14-27(34-30)23-8-6-22(7-9-23)20-28(31)37/h2-15H,16-20H2,1H3,(H2,31,37)(H,32,33,34). The van der Waals surface area contributed by atoms with E-state index in [9.17, 15) is 9.59 Å². The van der Waals surface area contributed by atoms with E-state index in [4.69, 9.17) is 5.73 Å². The molecule has 1 aromatic heterocycles. The molecule has 38 heavy (non-hydrogen) atoms. The summed E-state index contributed by atoms with van der Waals surface area (Å²) >= 11 is 0. The number of benzene rings is 3. The number of anilines is 3. The average molecular weight is 507 g/mol. The van der Waals surface area contributed by atoms with Gasteiger partial charge in [-0.1, -0.05) is 42.5 Å². The lowest BCUT2D eigenvalue weighted by atomic mass is 10.1. The van der Waals surface area contributed by atoms with Crippen molar-refractivity contribution in [2.45, 2.75) is 13.3 Å². The fourth-order valence-corrected chi connectivity index (χ4v) is 4.61. The molecule has 0 saturated carbocycles. The maximum Gasteiger partial charge on any atom is 0.254 e. The summed E-state index contributed by atoms with van der Waals surface area (Å²) in [6.07, 6.45) is 1.93. The molecule has 8 nitrogen and oxygen atoms in total. The Morgan fingerprint density at radius 1 is 0.895 bits per heavy atom. The lowest BCUT2D eigenvalue weighted by Gasteiger charge is -2.36. The lowest BCUT2D eigenvalue weighted by Crippen LogP contribution is -2.48. The molecule has 2 amide bonds. The van der Waals surface area contributed by atoms with E-state index < -0.39 is 0 Å². The Kier molecular flexibility index (Phi) is 7.31. The van der Waals surface area contributed by atoms with Gasteiger partial charge in [-0.2, -0.15) is 0 Å². The molecule has 1 fully saturated rings. The number of nitrogens with one attached hydrogen (secondary N) is 1. The number of carbonyl (C=O) groups excluding carboxylic acids is 2. The highest BCUT2D eigenvalue weighted by atomic mass is 16.2. The molecule has 0 atom stereocenters. The minimum atomic E-state index is -0.354. The van der Waals surface area contributed by atoms with E-state index in [-0.39, 0.29) is 18.2 Å². The van der Waals surface area contributed by atoms with E-state index in [2.05, 4.69) is 32.3 Å². The Bertz CT molecular complexity index is 1430. The van der Waals surface area contributed by atoms with Crippen molar-refractivity contribution in [3.8, 4) is 11.3 Å².